The molecule has 1 aromatic heterocycles. The van der Waals surface area contributed by atoms with Gasteiger partial charge < -0.3 is 14.9 Å². The molecule has 6 heteroatoms. The summed E-state index contributed by atoms with van der Waals surface area (Å²) in [5.74, 6) is 1.32. The van der Waals surface area contributed by atoms with Crippen LogP contribution in [-0.2, 0) is 6.42 Å². The van der Waals surface area contributed by atoms with Crippen LogP contribution in [0.1, 0.15) is 47.5 Å². The molecule has 0 aliphatic heterocycles. The minimum Gasteiger partial charge on any atom is -0.485 e. The number of nitrogens with two attached hydrogens (primary N) is 1. The van der Waals surface area contributed by atoms with Gasteiger partial charge in [-0.3, -0.25) is 5.41 Å². The highest BCUT2D eigenvalue weighted by Gasteiger charge is 2.29. The number of nitriles is 1. The molecule has 2 aromatic carbocycles. The lowest BCUT2D eigenvalue weighted by atomic mass is 9.81. The Hall–Kier alpha value is -3.59. The van der Waals surface area contributed by atoms with Gasteiger partial charge in [-0.05, 0) is 60.2 Å². The summed E-state index contributed by atoms with van der Waals surface area (Å²) in [5, 5.41) is 17.5. The Kier molecular flexibility index (Phi) is 4.58. The van der Waals surface area contributed by atoms with Crippen molar-refractivity contribution in [3.8, 4) is 11.8 Å². The van der Waals surface area contributed by atoms with E-state index in [2.05, 4.69) is 18.0 Å². The van der Waals surface area contributed by atoms with Crippen LogP contribution < -0.4 is 10.5 Å². The smallest absolute Gasteiger partial charge is 0.181 e. The molecule has 1 heterocycles. The zero-order chi connectivity index (χ0) is 19.7. The topological polar surface area (TPSA) is 109 Å². The molecule has 6 nitrogen and oxygen atoms in total. The molecule has 0 saturated heterocycles. The Morgan fingerprint density at radius 2 is 2.18 bits per heavy atom. The second kappa shape index (κ2) is 7.20. The van der Waals surface area contributed by atoms with Crippen molar-refractivity contribution in [2.24, 2.45) is 5.92 Å². The van der Waals surface area contributed by atoms with E-state index in [1.165, 1.54) is 12.6 Å². The van der Waals surface area contributed by atoms with E-state index in [1.807, 2.05) is 24.3 Å². The van der Waals surface area contributed by atoms with Gasteiger partial charge in [0.15, 0.2) is 12.2 Å². The first-order valence-electron chi connectivity index (χ1n) is 9.13. The number of benzene rings is 2. The minimum atomic E-state index is -0.118. The van der Waals surface area contributed by atoms with E-state index in [0.717, 1.165) is 24.0 Å². The van der Waals surface area contributed by atoms with Crippen LogP contribution in [0.15, 0.2) is 53.4 Å². The highest BCUT2D eigenvalue weighted by molar-refractivity contribution is 6.12. The molecule has 2 atom stereocenters. The number of nitrogens with zero attached hydrogens (tertiary/aromatic N) is 2. The molecule has 0 saturated carbocycles. The molecule has 4 rings (SSSR count). The summed E-state index contributed by atoms with van der Waals surface area (Å²) in [6, 6.07) is 13.3. The summed E-state index contributed by atoms with van der Waals surface area (Å²) < 4.78 is 11.6. The van der Waals surface area contributed by atoms with Gasteiger partial charge >= 0.3 is 0 Å². The largest absolute Gasteiger partial charge is 0.485 e. The maximum atomic E-state index is 9.15. The molecule has 28 heavy (non-hydrogen) atoms. The molecule has 0 fully saturated rings. The molecule has 140 valence electrons. The fourth-order valence-electron chi connectivity index (χ4n) is 3.63. The van der Waals surface area contributed by atoms with E-state index in [-0.39, 0.29) is 11.8 Å². The van der Waals surface area contributed by atoms with E-state index in [9.17, 15) is 0 Å². The highest BCUT2D eigenvalue weighted by atomic mass is 16.5. The summed E-state index contributed by atoms with van der Waals surface area (Å²) in [6.45, 7) is 2.17. The van der Waals surface area contributed by atoms with Crippen LogP contribution in [0, 0.1) is 22.7 Å². The summed E-state index contributed by atoms with van der Waals surface area (Å²) in [7, 11) is 0. The van der Waals surface area contributed by atoms with E-state index < -0.39 is 0 Å². The van der Waals surface area contributed by atoms with Crippen LogP contribution in [-0.4, -0.2) is 10.7 Å². The van der Waals surface area contributed by atoms with Gasteiger partial charge in [0.1, 0.15) is 17.6 Å². The number of anilines is 1. The van der Waals surface area contributed by atoms with Gasteiger partial charge in [0.05, 0.1) is 17.8 Å². The summed E-state index contributed by atoms with van der Waals surface area (Å²) in [6.07, 6.45) is 4.59. The molecule has 0 amide bonds. The molecule has 3 N–H and O–H groups in total. The van der Waals surface area contributed by atoms with Crippen molar-refractivity contribution >= 4 is 11.4 Å². The second-order valence-electron chi connectivity index (χ2n) is 7.07. The van der Waals surface area contributed by atoms with Crippen LogP contribution in [0.4, 0.5) is 5.69 Å². The first kappa shape index (κ1) is 17.8. The Balaban J connectivity index is 1.66. The fraction of sp³-hybridized carbons (Fsp3) is 0.227. The van der Waals surface area contributed by atoms with Crippen LogP contribution in [0.25, 0.3) is 0 Å². The van der Waals surface area contributed by atoms with Crippen molar-refractivity contribution in [3.05, 3.63) is 77.0 Å². The van der Waals surface area contributed by atoms with Gasteiger partial charge in [0.2, 0.25) is 0 Å². The highest BCUT2D eigenvalue weighted by Crippen LogP contribution is 2.38. The Bertz CT molecular complexity index is 1070. The first-order chi connectivity index (χ1) is 13.6. The van der Waals surface area contributed by atoms with Crippen LogP contribution in [0.5, 0.6) is 5.75 Å². The summed E-state index contributed by atoms with van der Waals surface area (Å²) in [5.41, 5.74) is 10.2. The number of oxazole rings is 1. The predicted molar refractivity (Wildman–Crippen MR) is 105 cm³/mol. The molecule has 0 bridgehead atoms. The molecule has 1 aliphatic rings. The zero-order valence-corrected chi connectivity index (χ0v) is 15.5. The fourth-order valence-corrected chi connectivity index (χ4v) is 3.63. The number of hydrogen-bond acceptors (Lipinski definition) is 6. The van der Waals surface area contributed by atoms with Crippen molar-refractivity contribution in [1.29, 1.82) is 10.7 Å². The number of ether oxygens (including phenoxy) is 1. The molecule has 3 aromatic rings. The van der Waals surface area contributed by atoms with Crippen molar-refractivity contribution < 1.29 is 9.15 Å². The van der Waals surface area contributed by atoms with Gasteiger partial charge in [-0.1, -0.05) is 13.0 Å². The number of rotatable bonds is 4. The van der Waals surface area contributed by atoms with Crippen LogP contribution >= 0.6 is 0 Å². The maximum Gasteiger partial charge on any atom is 0.181 e. The summed E-state index contributed by atoms with van der Waals surface area (Å²) in [4.78, 5) is 3.86. The maximum absolute atomic E-state index is 9.15. The van der Waals surface area contributed by atoms with Gasteiger partial charge in [-0.15, -0.1) is 0 Å². The molecule has 0 spiro atoms. The van der Waals surface area contributed by atoms with E-state index in [4.69, 9.17) is 25.6 Å². The number of nitrogen functional groups attached to an aromatic ring is 1. The number of fused-ring (bicyclic) bond motifs is 1. The SMILES string of the molecule is C[C@@H]1CCc2cc(C#N)ccc2[C@@H]1Oc1ccc(N)c(C(=N)c2cnco2)c1. The third-order valence-corrected chi connectivity index (χ3v) is 5.20. The van der Waals surface area contributed by atoms with Crippen molar-refractivity contribution in [1.82, 2.24) is 4.98 Å². The Morgan fingerprint density at radius 3 is 2.93 bits per heavy atom. The monoisotopic (exact) mass is 372 g/mol. The first-order valence-corrected chi connectivity index (χ1v) is 9.13. The van der Waals surface area contributed by atoms with E-state index in [0.29, 0.717) is 34.2 Å². The third kappa shape index (κ3) is 3.23. The van der Waals surface area contributed by atoms with Gasteiger partial charge in [-0.2, -0.15) is 5.26 Å². The average molecular weight is 372 g/mol. The normalized spacial score (nSPS) is 18.1. The summed E-state index contributed by atoms with van der Waals surface area (Å²) >= 11 is 0. The zero-order valence-electron chi connectivity index (χ0n) is 15.5. The number of aryl methyl sites for hydroxylation is 1. The number of hydrogen-bond donors (Lipinski definition) is 2. The Labute approximate surface area is 163 Å². The number of aromatic nitrogens is 1. The predicted octanol–water partition coefficient (Wildman–Crippen LogP) is 4.25. The van der Waals surface area contributed by atoms with Crippen molar-refractivity contribution in [2.45, 2.75) is 25.9 Å². The van der Waals surface area contributed by atoms with Crippen molar-refractivity contribution in [3.63, 3.8) is 0 Å². The lowest BCUT2D eigenvalue weighted by molar-refractivity contribution is 0.129. The molecule has 0 unspecified atom stereocenters. The lowest BCUT2D eigenvalue weighted by Crippen LogP contribution is -2.23. The average Bonchev–Trinajstić information content (AvgIpc) is 3.25. The standard InChI is InChI=1S/C22H20N4O2/c1-13-2-4-15-8-14(10-23)3-6-17(15)22(13)28-16-5-7-19(24)18(9-16)21(25)20-11-26-12-27-20/h3,5-9,11-13,22,25H,2,4,24H2,1H3/t13-,22-/m1/s1. The molecular weight excluding hydrogens is 352 g/mol. The third-order valence-electron chi connectivity index (χ3n) is 5.20. The van der Waals surface area contributed by atoms with Crippen molar-refractivity contribution in [2.75, 3.05) is 5.73 Å². The van der Waals surface area contributed by atoms with Crippen LogP contribution in [0.2, 0.25) is 0 Å². The van der Waals surface area contributed by atoms with Gasteiger partial charge in [-0.25, -0.2) is 4.98 Å². The molecular formula is C22H20N4O2. The second-order valence-corrected chi connectivity index (χ2v) is 7.07. The van der Waals surface area contributed by atoms with E-state index >= 15 is 0 Å². The number of nitrogens with one attached hydrogen (secondary N) is 1. The quantitative estimate of drug-likeness (QED) is 0.526. The van der Waals surface area contributed by atoms with E-state index in [1.54, 1.807) is 12.1 Å². The lowest BCUT2D eigenvalue weighted by Gasteiger charge is -2.32. The minimum absolute atomic E-state index is 0.118. The van der Waals surface area contributed by atoms with Gasteiger partial charge in [0, 0.05) is 11.3 Å². The Morgan fingerprint density at radius 1 is 1.32 bits per heavy atom. The van der Waals surface area contributed by atoms with Crippen LogP contribution in [0.3, 0.4) is 0 Å². The molecule has 0 radical (unpaired) electrons. The molecule has 1 aliphatic carbocycles. The van der Waals surface area contributed by atoms with Gasteiger partial charge in [0.25, 0.3) is 0 Å².